The van der Waals surface area contributed by atoms with E-state index in [2.05, 4.69) is 0 Å². The second-order valence-corrected chi connectivity index (χ2v) is 8.50. The zero-order chi connectivity index (χ0) is 25.9. The van der Waals surface area contributed by atoms with Gasteiger partial charge in [-0.3, -0.25) is 9.59 Å². The van der Waals surface area contributed by atoms with E-state index in [0.717, 1.165) is 5.56 Å². The Kier molecular flexibility index (Phi) is 6.92. The summed E-state index contributed by atoms with van der Waals surface area (Å²) in [5.41, 5.74) is 0.128. The molecular weight excluding hydrogens is 460 g/mol. The molecule has 0 saturated carbocycles. The van der Waals surface area contributed by atoms with Gasteiger partial charge >= 0.3 is 5.97 Å². The van der Waals surface area contributed by atoms with Crippen molar-refractivity contribution in [3.8, 4) is 11.5 Å². The van der Waals surface area contributed by atoms with E-state index in [9.17, 15) is 14.4 Å². The van der Waals surface area contributed by atoms with E-state index in [1.165, 1.54) is 26.4 Å². The summed E-state index contributed by atoms with van der Waals surface area (Å²) in [5.74, 6) is -0.954. The van der Waals surface area contributed by atoms with Gasteiger partial charge in [0, 0.05) is 6.07 Å². The summed E-state index contributed by atoms with van der Waals surface area (Å²) in [5, 5.41) is 0. The summed E-state index contributed by atoms with van der Waals surface area (Å²) in [4.78, 5) is 39.5. The second kappa shape index (κ2) is 10.1. The summed E-state index contributed by atoms with van der Waals surface area (Å²) in [7, 11) is 1.42. The zero-order valence-electron chi connectivity index (χ0n) is 20.5. The first kappa shape index (κ1) is 24.7. The number of fused-ring (bicyclic) bond motifs is 1. The molecule has 1 heterocycles. The van der Waals surface area contributed by atoms with Crippen molar-refractivity contribution < 1.29 is 33.3 Å². The molecule has 1 aliphatic heterocycles. The van der Waals surface area contributed by atoms with Crippen LogP contribution in [0.15, 0.2) is 89.9 Å². The average Bonchev–Trinajstić information content (AvgIpc) is 2.86. The molecular formula is C29H26O7. The summed E-state index contributed by atoms with van der Waals surface area (Å²) >= 11 is 0. The molecule has 0 aromatic heterocycles. The van der Waals surface area contributed by atoms with Crippen LogP contribution in [0.5, 0.6) is 11.5 Å². The van der Waals surface area contributed by atoms with Crippen molar-refractivity contribution in [2.24, 2.45) is 0 Å². The molecule has 36 heavy (non-hydrogen) atoms. The predicted octanol–water partition coefficient (Wildman–Crippen LogP) is 4.95. The highest BCUT2D eigenvalue weighted by atomic mass is 16.6. The topological polar surface area (TPSA) is 88.1 Å². The third-order valence-electron chi connectivity index (χ3n) is 5.93. The Balaban J connectivity index is 1.58. The van der Waals surface area contributed by atoms with Crippen molar-refractivity contribution in [3.05, 3.63) is 107 Å². The minimum absolute atomic E-state index is 0.102. The SMILES string of the molecule is C/C=C/C1=CC2=CC(=O)[C@@](C)(OC(=O)c3c(C)cc(OCc4ccccc4)cc3OC)C(=O)C2=CO1. The van der Waals surface area contributed by atoms with Crippen LogP contribution in [0.2, 0.25) is 0 Å². The number of methoxy groups -OCH3 is 1. The summed E-state index contributed by atoms with van der Waals surface area (Å²) in [6.45, 7) is 5.15. The lowest BCUT2D eigenvalue weighted by atomic mass is 9.80. The average molecular weight is 487 g/mol. The first-order valence-electron chi connectivity index (χ1n) is 11.4. The molecule has 0 radical (unpaired) electrons. The van der Waals surface area contributed by atoms with Crippen LogP contribution in [0.1, 0.15) is 35.3 Å². The van der Waals surface area contributed by atoms with Gasteiger partial charge in [0.1, 0.15) is 35.7 Å². The number of benzene rings is 2. The third kappa shape index (κ3) is 4.73. The number of hydrogen-bond donors (Lipinski definition) is 0. The number of carbonyl (C=O) groups excluding carboxylic acids is 3. The van der Waals surface area contributed by atoms with Gasteiger partial charge in [0.15, 0.2) is 0 Å². The van der Waals surface area contributed by atoms with E-state index in [0.29, 0.717) is 29.3 Å². The fraction of sp³-hybridized carbons (Fsp3) is 0.207. The van der Waals surface area contributed by atoms with Gasteiger partial charge in [-0.2, -0.15) is 0 Å². The number of allylic oxidation sites excluding steroid dienone is 4. The van der Waals surface area contributed by atoms with Crippen LogP contribution >= 0.6 is 0 Å². The normalized spacial score (nSPS) is 19.1. The monoisotopic (exact) mass is 486 g/mol. The minimum Gasteiger partial charge on any atom is -0.496 e. The molecule has 4 rings (SSSR count). The number of esters is 1. The van der Waals surface area contributed by atoms with Gasteiger partial charge in [0.25, 0.3) is 0 Å². The highest BCUT2D eigenvalue weighted by Gasteiger charge is 2.50. The Bertz CT molecular complexity index is 1350. The van der Waals surface area contributed by atoms with E-state index < -0.39 is 23.1 Å². The molecule has 0 unspecified atom stereocenters. The first-order chi connectivity index (χ1) is 17.3. The number of ether oxygens (including phenoxy) is 4. The van der Waals surface area contributed by atoms with Crippen molar-refractivity contribution >= 4 is 17.5 Å². The van der Waals surface area contributed by atoms with Crippen LogP contribution in [0, 0.1) is 6.92 Å². The van der Waals surface area contributed by atoms with Gasteiger partial charge in [-0.1, -0.05) is 36.4 Å². The van der Waals surface area contributed by atoms with Crippen LogP contribution in [0.4, 0.5) is 0 Å². The maximum atomic E-state index is 13.3. The van der Waals surface area contributed by atoms with Crippen LogP contribution in [0.3, 0.4) is 0 Å². The molecule has 2 aromatic carbocycles. The largest absolute Gasteiger partial charge is 0.496 e. The molecule has 184 valence electrons. The molecule has 7 heteroatoms. The fourth-order valence-electron chi connectivity index (χ4n) is 3.97. The van der Waals surface area contributed by atoms with E-state index in [4.69, 9.17) is 18.9 Å². The van der Waals surface area contributed by atoms with E-state index in [1.54, 1.807) is 37.3 Å². The number of Topliss-reactive ketones (excluding diaryl/α,β-unsaturated/α-hetero) is 1. The molecule has 0 saturated heterocycles. The predicted molar refractivity (Wildman–Crippen MR) is 132 cm³/mol. The minimum atomic E-state index is -2.04. The molecule has 7 nitrogen and oxygen atoms in total. The van der Waals surface area contributed by atoms with Crippen molar-refractivity contribution in [1.29, 1.82) is 0 Å². The smallest absolute Gasteiger partial charge is 0.343 e. The lowest BCUT2D eigenvalue weighted by Gasteiger charge is -2.31. The number of hydrogen-bond acceptors (Lipinski definition) is 7. The molecule has 0 amide bonds. The lowest BCUT2D eigenvalue weighted by molar-refractivity contribution is -0.145. The molecule has 0 bridgehead atoms. The van der Waals surface area contributed by atoms with Gasteiger partial charge in [-0.25, -0.2) is 4.79 Å². The highest BCUT2D eigenvalue weighted by Crippen LogP contribution is 2.36. The number of aryl methyl sites for hydroxylation is 1. The Morgan fingerprint density at radius 2 is 1.86 bits per heavy atom. The quantitative estimate of drug-likeness (QED) is 0.404. The Morgan fingerprint density at radius 3 is 2.56 bits per heavy atom. The standard InChI is InChI=1S/C29H26O7/c1-5-9-21-13-20-14-25(30)29(3,27(31)23(20)17-35-21)36-28(32)26-18(2)12-22(15-24(26)33-4)34-16-19-10-7-6-8-11-19/h5-15,17H,16H2,1-4H3/b9-5+/t29-/m1/s1. The van der Waals surface area contributed by atoms with Crippen molar-refractivity contribution in [3.63, 3.8) is 0 Å². The lowest BCUT2D eigenvalue weighted by Crippen LogP contribution is -2.50. The fourth-order valence-corrected chi connectivity index (χ4v) is 3.97. The second-order valence-electron chi connectivity index (χ2n) is 8.50. The zero-order valence-corrected chi connectivity index (χ0v) is 20.5. The summed E-state index contributed by atoms with van der Waals surface area (Å²) in [6.07, 6.45) is 7.63. The van der Waals surface area contributed by atoms with Gasteiger partial charge in [0.2, 0.25) is 17.2 Å². The first-order valence-corrected chi connectivity index (χ1v) is 11.4. The van der Waals surface area contributed by atoms with Crippen molar-refractivity contribution in [1.82, 2.24) is 0 Å². The van der Waals surface area contributed by atoms with Gasteiger partial charge in [-0.15, -0.1) is 0 Å². The van der Waals surface area contributed by atoms with Crippen molar-refractivity contribution in [2.45, 2.75) is 33.0 Å². The molecule has 0 spiro atoms. The third-order valence-corrected chi connectivity index (χ3v) is 5.93. The molecule has 1 aliphatic carbocycles. The maximum absolute atomic E-state index is 13.3. The number of ketones is 2. The number of carbonyl (C=O) groups is 3. The van der Waals surface area contributed by atoms with Crippen LogP contribution in [0.25, 0.3) is 0 Å². The molecule has 2 aromatic rings. The molecule has 2 aliphatic rings. The van der Waals surface area contributed by atoms with Gasteiger partial charge < -0.3 is 18.9 Å². The molecule has 0 N–H and O–H groups in total. The van der Waals surface area contributed by atoms with E-state index in [1.807, 2.05) is 37.3 Å². The van der Waals surface area contributed by atoms with Crippen LogP contribution in [-0.2, 0) is 25.7 Å². The van der Waals surface area contributed by atoms with Crippen LogP contribution in [-0.4, -0.2) is 30.2 Å². The summed E-state index contributed by atoms with van der Waals surface area (Å²) < 4.78 is 22.3. The Labute approximate surface area is 209 Å². The van der Waals surface area contributed by atoms with Gasteiger partial charge in [-0.05, 0) is 61.8 Å². The van der Waals surface area contributed by atoms with Crippen molar-refractivity contribution in [2.75, 3.05) is 7.11 Å². The number of rotatable bonds is 7. The van der Waals surface area contributed by atoms with Crippen LogP contribution < -0.4 is 9.47 Å². The van der Waals surface area contributed by atoms with Gasteiger partial charge in [0.05, 0.1) is 12.7 Å². The summed E-state index contributed by atoms with van der Waals surface area (Å²) in [6, 6.07) is 12.9. The highest BCUT2D eigenvalue weighted by molar-refractivity contribution is 6.26. The van der Waals surface area contributed by atoms with E-state index in [-0.39, 0.29) is 16.9 Å². The molecule has 0 fully saturated rings. The molecule has 1 atom stereocenters. The Hall–Kier alpha value is -4.39. The maximum Gasteiger partial charge on any atom is 0.343 e. The Morgan fingerprint density at radius 1 is 1.11 bits per heavy atom. The van der Waals surface area contributed by atoms with E-state index >= 15 is 0 Å².